The molecule has 0 unspecified atom stereocenters. The average Bonchev–Trinajstić information content (AvgIpc) is 2.38. The van der Waals surface area contributed by atoms with E-state index in [-0.39, 0.29) is 11.6 Å². The smallest absolute Gasteiger partial charge is 0.169 e. The Kier molecular flexibility index (Phi) is 4.05. The molecule has 0 fully saturated rings. The molecule has 3 heteroatoms. The normalized spacial score (nSPS) is 10.7. The highest BCUT2D eigenvalue weighted by Crippen LogP contribution is 2.37. The van der Waals surface area contributed by atoms with Gasteiger partial charge in [0.25, 0.3) is 0 Å². The molecule has 1 N–H and O–H groups in total. The van der Waals surface area contributed by atoms with Gasteiger partial charge in [0, 0.05) is 11.6 Å². The summed E-state index contributed by atoms with van der Waals surface area (Å²) in [6.07, 6.45) is 0. The second-order valence-corrected chi connectivity index (χ2v) is 4.78. The van der Waals surface area contributed by atoms with Crippen molar-refractivity contribution in [3.63, 3.8) is 0 Å². The van der Waals surface area contributed by atoms with Gasteiger partial charge in [0.2, 0.25) is 0 Å². The first kappa shape index (κ1) is 13.4. The molecule has 0 aliphatic rings. The molecular weight excluding hydrogens is 243 g/mol. The molecule has 0 aliphatic heterocycles. The minimum atomic E-state index is -0.292. The number of benzene rings is 2. The summed E-state index contributed by atoms with van der Waals surface area (Å²) >= 11 is 0. The maximum atomic E-state index is 12.9. The molecule has 2 aromatic rings. The number of aromatic hydroxyl groups is 1. The standard InChI is InChI=1S/C16H16FO2/c1-11(2)10-19-16-14(4-3-5-15(16)18)12-6-8-13(17)9-7-12/h3-4,6-9,11,18H,10H2,1-2H3. The lowest BCUT2D eigenvalue weighted by Crippen LogP contribution is -2.05. The largest absolute Gasteiger partial charge is 0.504 e. The van der Waals surface area contributed by atoms with Gasteiger partial charge in [-0.1, -0.05) is 26.0 Å². The van der Waals surface area contributed by atoms with Crippen LogP contribution in [0, 0.1) is 17.8 Å². The lowest BCUT2D eigenvalue weighted by Gasteiger charge is -2.14. The topological polar surface area (TPSA) is 29.5 Å². The summed E-state index contributed by atoms with van der Waals surface area (Å²) in [6.45, 7) is 4.56. The van der Waals surface area contributed by atoms with E-state index < -0.39 is 0 Å². The van der Waals surface area contributed by atoms with Crippen LogP contribution in [0.15, 0.2) is 36.4 Å². The van der Waals surface area contributed by atoms with E-state index in [0.717, 1.165) is 11.1 Å². The summed E-state index contributed by atoms with van der Waals surface area (Å²) in [5.41, 5.74) is 1.53. The number of ether oxygens (including phenoxy) is 1. The van der Waals surface area contributed by atoms with Crippen molar-refractivity contribution in [2.75, 3.05) is 6.61 Å². The maximum Gasteiger partial charge on any atom is 0.169 e. The summed E-state index contributed by atoms with van der Waals surface area (Å²) < 4.78 is 18.6. The van der Waals surface area contributed by atoms with E-state index in [4.69, 9.17) is 4.74 Å². The van der Waals surface area contributed by atoms with Gasteiger partial charge in [-0.25, -0.2) is 4.39 Å². The van der Waals surface area contributed by atoms with Gasteiger partial charge in [0.05, 0.1) is 6.61 Å². The summed E-state index contributed by atoms with van der Waals surface area (Å²) in [5.74, 6) is 0.422. The molecule has 2 nitrogen and oxygen atoms in total. The number of halogens is 1. The summed E-state index contributed by atoms with van der Waals surface area (Å²) in [6, 6.07) is 12.2. The molecule has 0 amide bonds. The number of phenols is 1. The first-order valence-corrected chi connectivity index (χ1v) is 6.20. The molecule has 0 bridgehead atoms. The predicted octanol–water partition coefficient (Wildman–Crippen LogP) is 4.03. The van der Waals surface area contributed by atoms with Gasteiger partial charge in [-0.15, -0.1) is 0 Å². The summed E-state index contributed by atoms with van der Waals surface area (Å²) in [4.78, 5) is 0. The highest BCUT2D eigenvalue weighted by Gasteiger charge is 2.12. The van der Waals surface area contributed by atoms with Crippen LogP contribution in [0.4, 0.5) is 4.39 Å². The minimum absolute atomic E-state index is 0.0255. The molecule has 0 spiro atoms. The number of hydrogen-bond acceptors (Lipinski definition) is 2. The van der Waals surface area contributed by atoms with Crippen LogP contribution in [0.25, 0.3) is 11.1 Å². The lowest BCUT2D eigenvalue weighted by atomic mass is 10.0. The Hall–Kier alpha value is -2.03. The average molecular weight is 259 g/mol. The van der Waals surface area contributed by atoms with Gasteiger partial charge in [-0.05, 0) is 35.7 Å². The van der Waals surface area contributed by atoms with Gasteiger partial charge in [-0.2, -0.15) is 0 Å². The Bertz CT molecular complexity index is 547. The fraction of sp³-hybridized carbons (Fsp3) is 0.250. The van der Waals surface area contributed by atoms with Crippen LogP contribution in [0.1, 0.15) is 13.8 Å². The van der Waals surface area contributed by atoms with E-state index in [9.17, 15) is 9.50 Å². The Balaban J connectivity index is 2.39. The predicted molar refractivity (Wildman–Crippen MR) is 72.7 cm³/mol. The number of phenolic OH excluding ortho intramolecular Hbond substituents is 1. The van der Waals surface area contributed by atoms with Crippen LogP contribution in [0.2, 0.25) is 0 Å². The Morgan fingerprint density at radius 2 is 1.89 bits per heavy atom. The highest BCUT2D eigenvalue weighted by atomic mass is 19.1. The van der Waals surface area contributed by atoms with Gasteiger partial charge in [-0.3, -0.25) is 0 Å². The quantitative estimate of drug-likeness (QED) is 0.898. The third-order valence-corrected chi connectivity index (χ3v) is 2.65. The van der Waals surface area contributed by atoms with Crippen molar-refractivity contribution >= 4 is 0 Å². The monoisotopic (exact) mass is 259 g/mol. The van der Waals surface area contributed by atoms with E-state index in [2.05, 4.69) is 6.07 Å². The molecule has 0 aromatic heterocycles. The highest BCUT2D eigenvalue weighted by molar-refractivity contribution is 5.73. The molecule has 1 radical (unpaired) electrons. The molecule has 0 heterocycles. The van der Waals surface area contributed by atoms with Crippen LogP contribution in [0.5, 0.6) is 11.5 Å². The zero-order valence-electron chi connectivity index (χ0n) is 11.0. The molecule has 2 rings (SSSR count). The van der Waals surface area contributed by atoms with E-state index >= 15 is 0 Å². The molecule has 0 saturated heterocycles. The van der Waals surface area contributed by atoms with E-state index in [1.54, 1.807) is 24.3 Å². The zero-order chi connectivity index (χ0) is 13.8. The van der Waals surface area contributed by atoms with Gasteiger partial charge in [0.15, 0.2) is 11.5 Å². The maximum absolute atomic E-state index is 12.9. The van der Waals surface area contributed by atoms with Gasteiger partial charge < -0.3 is 9.84 Å². The molecular formula is C16H16FO2. The second kappa shape index (κ2) is 5.74. The summed E-state index contributed by atoms with van der Waals surface area (Å²) in [5, 5.41) is 9.87. The van der Waals surface area contributed by atoms with Crippen LogP contribution in [0.3, 0.4) is 0 Å². The Morgan fingerprint density at radius 1 is 1.21 bits per heavy atom. The molecule has 99 valence electrons. The van der Waals surface area contributed by atoms with Gasteiger partial charge >= 0.3 is 0 Å². The molecule has 0 atom stereocenters. The molecule has 19 heavy (non-hydrogen) atoms. The fourth-order valence-electron chi connectivity index (χ4n) is 1.73. The van der Waals surface area contributed by atoms with Crippen molar-refractivity contribution in [2.45, 2.75) is 13.8 Å². The zero-order valence-corrected chi connectivity index (χ0v) is 11.0. The van der Waals surface area contributed by atoms with Crippen molar-refractivity contribution in [3.05, 3.63) is 48.3 Å². The molecule has 2 aromatic carbocycles. The molecule has 0 saturated carbocycles. The minimum Gasteiger partial charge on any atom is -0.504 e. The number of rotatable bonds is 4. The van der Waals surface area contributed by atoms with Crippen molar-refractivity contribution in [2.24, 2.45) is 5.92 Å². The third-order valence-electron chi connectivity index (χ3n) is 2.65. The van der Waals surface area contributed by atoms with Crippen molar-refractivity contribution in [3.8, 4) is 22.6 Å². The Morgan fingerprint density at radius 3 is 2.53 bits per heavy atom. The van der Waals surface area contributed by atoms with Crippen molar-refractivity contribution in [1.82, 2.24) is 0 Å². The first-order chi connectivity index (χ1) is 9.08. The fourth-order valence-corrected chi connectivity index (χ4v) is 1.73. The molecule has 0 aliphatic carbocycles. The third kappa shape index (κ3) is 3.25. The van der Waals surface area contributed by atoms with Gasteiger partial charge in [0.1, 0.15) is 5.82 Å². The van der Waals surface area contributed by atoms with Crippen LogP contribution < -0.4 is 4.74 Å². The van der Waals surface area contributed by atoms with Crippen LogP contribution in [-0.4, -0.2) is 11.7 Å². The van der Waals surface area contributed by atoms with Crippen molar-refractivity contribution < 1.29 is 14.2 Å². The van der Waals surface area contributed by atoms with E-state index in [1.165, 1.54) is 12.1 Å². The first-order valence-electron chi connectivity index (χ1n) is 6.20. The lowest BCUT2D eigenvalue weighted by molar-refractivity contribution is 0.260. The Labute approximate surface area is 112 Å². The second-order valence-electron chi connectivity index (χ2n) is 4.78. The summed E-state index contributed by atoms with van der Waals surface area (Å²) in [7, 11) is 0. The van der Waals surface area contributed by atoms with Crippen molar-refractivity contribution in [1.29, 1.82) is 0 Å². The number of hydrogen-bond donors (Lipinski definition) is 1. The van der Waals surface area contributed by atoms with E-state index in [0.29, 0.717) is 18.3 Å². The van der Waals surface area contributed by atoms with Crippen LogP contribution in [-0.2, 0) is 0 Å². The SMILES string of the molecule is CC(C)COc1c(O)[c]ccc1-c1ccc(F)cc1. The van der Waals surface area contributed by atoms with Crippen LogP contribution >= 0.6 is 0 Å². The van der Waals surface area contributed by atoms with E-state index in [1.807, 2.05) is 13.8 Å².